The summed E-state index contributed by atoms with van der Waals surface area (Å²) in [4.78, 5) is 12.4. The Morgan fingerprint density at radius 3 is 2.83 bits per heavy atom. The summed E-state index contributed by atoms with van der Waals surface area (Å²) < 4.78 is 12.9. The Hall–Kier alpha value is -3.00. The summed E-state index contributed by atoms with van der Waals surface area (Å²) in [5.41, 5.74) is 2.29. The first-order chi connectivity index (χ1) is 11.8. The quantitative estimate of drug-likeness (QED) is 0.509. The number of para-hydroxylation sites is 1. The largest absolute Gasteiger partial charge is 0.492 e. The number of carbonyl (C=O) groups is 1. The molecular weight excluding hydrogens is 304 g/mol. The van der Waals surface area contributed by atoms with Crippen molar-refractivity contribution < 1.29 is 14.3 Å². The fourth-order valence-corrected chi connectivity index (χ4v) is 2.76. The van der Waals surface area contributed by atoms with Crippen LogP contribution in [0.4, 0.5) is 0 Å². The van der Waals surface area contributed by atoms with E-state index in [-0.39, 0.29) is 5.97 Å². The van der Waals surface area contributed by atoms with Gasteiger partial charge in [0.25, 0.3) is 0 Å². The third-order valence-corrected chi connectivity index (χ3v) is 3.79. The van der Waals surface area contributed by atoms with Crippen LogP contribution in [0.5, 0.6) is 5.75 Å². The molecule has 0 amide bonds. The number of aromatic nitrogens is 1. The van der Waals surface area contributed by atoms with Gasteiger partial charge in [-0.05, 0) is 31.5 Å². The normalized spacial score (nSPS) is 10.7. The first-order valence-corrected chi connectivity index (χ1v) is 7.96. The lowest BCUT2D eigenvalue weighted by Gasteiger charge is -2.06. The second kappa shape index (κ2) is 7.05. The van der Waals surface area contributed by atoms with Crippen LogP contribution >= 0.6 is 0 Å². The van der Waals surface area contributed by atoms with Gasteiger partial charge < -0.3 is 13.9 Å². The van der Waals surface area contributed by atoms with E-state index in [1.807, 2.05) is 47.0 Å². The van der Waals surface area contributed by atoms with E-state index in [2.05, 4.69) is 6.07 Å². The molecular formula is C19H18N2O3. The molecule has 24 heavy (non-hydrogen) atoms. The van der Waals surface area contributed by atoms with Gasteiger partial charge in [-0.3, -0.25) is 0 Å². The van der Waals surface area contributed by atoms with Crippen LogP contribution < -0.4 is 4.74 Å². The van der Waals surface area contributed by atoms with E-state index in [1.54, 1.807) is 6.92 Å². The number of hydrogen-bond acceptors (Lipinski definition) is 4. The minimum Gasteiger partial charge on any atom is -0.492 e. The van der Waals surface area contributed by atoms with Crippen molar-refractivity contribution >= 4 is 22.4 Å². The molecule has 122 valence electrons. The van der Waals surface area contributed by atoms with Crippen LogP contribution in [0.3, 0.4) is 0 Å². The zero-order valence-electron chi connectivity index (χ0n) is 13.5. The molecule has 0 aliphatic rings. The number of fused-ring (bicyclic) bond motifs is 3. The van der Waals surface area contributed by atoms with Crippen LogP contribution in [-0.4, -0.2) is 23.6 Å². The molecule has 0 unspecified atom stereocenters. The molecule has 3 rings (SSSR count). The Morgan fingerprint density at radius 2 is 2.04 bits per heavy atom. The molecule has 0 atom stereocenters. The molecule has 1 aromatic carbocycles. The van der Waals surface area contributed by atoms with Crippen LogP contribution in [0.1, 0.15) is 30.1 Å². The maximum absolute atomic E-state index is 12.4. The van der Waals surface area contributed by atoms with E-state index in [0.29, 0.717) is 37.4 Å². The second-order valence-electron chi connectivity index (χ2n) is 5.34. The van der Waals surface area contributed by atoms with Gasteiger partial charge in [-0.1, -0.05) is 18.2 Å². The molecule has 0 saturated heterocycles. The number of pyridine rings is 1. The van der Waals surface area contributed by atoms with Gasteiger partial charge in [0.05, 0.1) is 42.1 Å². The zero-order valence-corrected chi connectivity index (χ0v) is 13.5. The second-order valence-corrected chi connectivity index (χ2v) is 5.34. The third-order valence-electron chi connectivity index (χ3n) is 3.79. The molecule has 3 aromatic rings. The average molecular weight is 322 g/mol. The van der Waals surface area contributed by atoms with Gasteiger partial charge in [-0.25, -0.2) is 4.79 Å². The van der Waals surface area contributed by atoms with E-state index in [1.165, 1.54) is 0 Å². The smallest absolute Gasteiger partial charge is 0.340 e. The predicted octanol–water partition coefficient (Wildman–Crippen LogP) is 3.95. The lowest BCUT2D eigenvalue weighted by atomic mass is 10.1. The minimum absolute atomic E-state index is 0.320. The van der Waals surface area contributed by atoms with E-state index >= 15 is 0 Å². The van der Waals surface area contributed by atoms with Crippen LogP contribution in [0.15, 0.2) is 42.6 Å². The summed E-state index contributed by atoms with van der Waals surface area (Å²) in [6.07, 6.45) is 3.03. The van der Waals surface area contributed by atoms with Gasteiger partial charge in [0, 0.05) is 11.8 Å². The Balaban J connectivity index is 2.05. The molecule has 0 aliphatic carbocycles. The van der Waals surface area contributed by atoms with Gasteiger partial charge in [-0.15, -0.1) is 0 Å². The summed E-state index contributed by atoms with van der Waals surface area (Å²) in [6.45, 7) is 2.62. The van der Waals surface area contributed by atoms with Crippen LogP contribution in [0, 0.1) is 11.3 Å². The molecule has 2 heterocycles. The Labute approximate surface area is 140 Å². The van der Waals surface area contributed by atoms with Crippen molar-refractivity contribution in [2.24, 2.45) is 0 Å². The lowest BCUT2D eigenvalue weighted by Crippen LogP contribution is -2.04. The average Bonchev–Trinajstić information content (AvgIpc) is 2.93. The lowest BCUT2D eigenvalue weighted by molar-refractivity contribution is 0.0531. The molecule has 0 aliphatic heterocycles. The van der Waals surface area contributed by atoms with Gasteiger partial charge in [0.2, 0.25) is 0 Å². The monoisotopic (exact) mass is 322 g/mol. The number of unbranched alkanes of at least 4 members (excludes halogenated alkanes) is 1. The number of ether oxygens (including phenoxy) is 2. The highest BCUT2D eigenvalue weighted by molar-refractivity contribution is 6.11. The fraction of sp³-hybridized carbons (Fsp3) is 0.263. The molecule has 0 radical (unpaired) electrons. The summed E-state index contributed by atoms with van der Waals surface area (Å²) in [5, 5.41) is 9.43. The van der Waals surface area contributed by atoms with Crippen molar-refractivity contribution in [2.75, 3.05) is 13.2 Å². The predicted molar refractivity (Wildman–Crippen MR) is 91.2 cm³/mol. The number of rotatable bonds is 6. The Bertz CT molecular complexity index is 921. The third kappa shape index (κ3) is 2.91. The zero-order chi connectivity index (χ0) is 16.9. The molecule has 5 heteroatoms. The fourth-order valence-electron chi connectivity index (χ4n) is 2.76. The minimum atomic E-state index is -0.320. The topological polar surface area (TPSA) is 63.7 Å². The molecule has 0 spiro atoms. The van der Waals surface area contributed by atoms with E-state index in [9.17, 15) is 4.79 Å². The van der Waals surface area contributed by atoms with Crippen molar-refractivity contribution in [1.82, 2.24) is 4.40 Å². The van der Waals surface area contributed by atoms with Crippen molar-refractivity contribution in [2.45, 2.75) is 19.8 Å². The summed E-state index contributed by atoms with van der Waals surface area (Å²) in [5.74, 6) is 0.385. The molecule has 0 saturated carbocycles. The van der Waals surface area contributed by atoms with Crippen LogP contribution in [-0.2, 0) is 4.74 Å². The number of nitriles is 1. The van der Waals surface area contributed by atoms with E-state index in [0.717, 1.165) is 16.4 Å². The number of hydrogen-bond donors (Lipinski definition) is 0. The summed E-state index contributed by atoms with van der Waals surface area (Å²) >= 11 is 0. The van der Waals surface area contributed by atoms with Crippen LogP contribution in [0.25, 0.3) is 16.4 Å². The van der Waals surface area contributed by atoms with Crippen molar-refractivity contribution in [1.29, 1.82) is 5.26 Å². The number of carbonyl (C=O) groups excluding carboxylic acids is 1. The van der Waals surface area contributed by atoms with Gasteiger partial charge in [0.15, 0.2) is 0 Å². The molecule has 0 fully saturated rings. The number of benzene rings is 1. The summed E-state index contributed by atoms with van der Waals surface area (Å²) in [6, 6.07) is 13.5. The summed E-state index contributed by atoms with van der Waals surface area (Å²) in [7, 11) is 0. The van der Waals surface area contributed by atoms with Crippen molar-refractivity contribution in [3.05, 3.63) is 48.2 Å². The maximum Gasteiger partial charge on any atom is 0.340 e. The first-order valence-electron chi connectivity index (χ1n) is 7.96. The van der Waals surface area contributed by atoms with E-state index in [4.69, 9.17) is 14.7 Å². The van der Waals surface area contributed by atoms with Crippen molar-refractivity contribution in [3.63, 3.8) is 0 Å². The number of esters is 1. The van der Waals surface area contributed by atoms with Gasteiger partial charge in [0.1, 0.15) is 5.75 Å². The Morgan fingerprint density at radius 1 is 1.21 bits per heavy atom. The van der Waals surface area contributed by atoms with Crippen molar-refractivity contribution in [3.8, 4) is 11.8 Å². The molecule has 2 aromatic heterocycles. The van der Waals surface area contributed by atoms with Gasteiger partial charge >= 0.3 is 5.97 Å². The first kappa shape index (κ1) is 15.9. The Kier molecular flexibility index (Phi) is 4.66. The molecule has 5 nitrogen and oxygen atoms in total. The highest BCUT2D eigenvalue weighted by atomic mass is 16.5. The number of nitrogens with zero attached hydrogens (tertiary/aromatic N) is 2. The molecule has 0 bridgehead atoms. The maximum atomic E-state index is 12.4. The highest BCUT2D eigenvalue weighted by Gasteiger charge is 2.19. The standard InChI is InChI=1S/C19H18N2O3/c1-2-23-19(22)18-15-7-3-4-8-16(15)21-13-14(9-10-17(18)21)24-12-6-5-11-20/h3-4,7-10,13H,2,5-6,12H2,1H3. The molecule has 0 N–H and O–H groups in total. The van der Waals surface area contributed by atoms with Crippen LogP contribution in [0.2, 0.25) is 0 Å². The van der Waals surface area contributed by atoms with Gasteiger partial charge in [-0.2, -0.15) is 5.26 Å². The SMILES string of the molecule is CCOC(=O)c1c2ccccc2n2cc(OCCCC#N)ccc12. The highest BCUT2D eigenvalue weighted by Crippen LogP contribution is 2.29. The van der Waals surface area contributed by atoms with E-state index < -0.39 is 0 Å².